The van der Waals surface area contributed by atoms with Gasteiger partial charge in [-0.25, -0.2) is 9.97 Å². The second-order valence-electron chi connectivity index (χ2n) is 6.32. The number of nitrogens with one attached hydrogen (secondary N) is 1. The Morgan fingerprint density at radius 1 is 0.857 bits per heavy atom. The highest BCUT2D eigenvalue weighted by Gasteiger charge is 2.18. The predicted molar refractivity (Wildman–Crippen MR) is 113 cm³/mol. The van der Waals surface area contributed by atoms with Crippen molar-refractivity contribution in [3.63, 3.8) is 0 Å². The third kappa shape index (κ3) is 2.80. The lowest BCUT2D eigenvalue weighted by atomic mass is 10.0. The Morgan fingerprint density at radius 2 is 1.61 bits per heavy atom. The fraction of sp³-hybridized carbons (Fsp3) is 0. The van der Waals surface area contributed by atoms with Crippen LogP contribution in [0.5, 0.6) is 0 Å². The van der Waals surface area contributed by atoms with Crippen LogP contribution in [-0.4, -0.2) is 24.7 Å². The molecule has 2 aromatic carbocycles. The normalized spacial score (nSPS) is 11.0. The van der Waals surface area contributed by atoms with E-state index in [1.165, 1.54) is 0 Å². The summed E-state index contributed by atoms with van der Waals surface area (Å²) in [5.74, 6) is 0.716. The van der Waals surface area contributed by atoms with Gasteiger partial charge < -0.3 is 0 Å². The number of para-hydroxylation sites is 1. The summed E-state index contributed by atoms with van der Waals surface area (Å²) in [5, 5.41) is 8.42. The molecule has 28 heavy (non-hydrogen) atoms. The average Bonchev–Trinajstić information content (AvgIpc) is 3.15. The van der Waals surface area contributed by atoms with Crippen molar-refractivity contribution < 1.29 is 0 Å². The number of hydrogen-bond acceptors (Lipinski definition) is 4. The lowest BCUT2D eigenvalue weighted by Crippen LogP contribution is -2.00. The maximum Gasteiger partial charge on any atom is 0.200 e. The largest absolute Gasteiger partial charge is 0.268 e. The Kier molecular flexibility index (Phi) is 4.03. The van der Waals surface area contributed by atoms with Crippen LogP contribution in [0.3, 0.4) is 0 Å². The number of rotatable bonds is 3. The van der Waals surface area contributed by atoms with Crippen molar-refractivity contribution in [2.75, 3.05) is 0 Å². The summed E-state index contributed by atoms with van der Waals surface area (Å²) >= 11 is 5.52. The van der Waals surface area contributed by atoms with Crippen LogP contribution in [-0.2, 0) is 0 Å². The third-order valence-electron chi connectivity index (χ3n) is 4.56. The molecule has 1 N–H and O–H groups in total. The van der Waals surface area contributed by atoms with E-state index in [0.717, 1.165) is 27.9 Å². The van der Waals surface area contributed by atoms with Crippen molar-refractivity contribution in [1.29, 1.82) is 0 Å². The lowest BCUT2D eigenvalue weighted by Gasteiger charge is -2.12. The van der Waals surface area contributed by atoms with Gasteiger partial charge in [0.25, 0.3) is 0 Å². The number of aromatic nitrogens is 5. The summed E-state index contributed by atoms with van der Waals surface area (Å²) < 4.78 is 2.47. The molecule has 3 heterocycles. The van der Waals surface area contributed by atoms with Gasteiger partial charge in [0.2, 0.25) is 0 Å². The van der Waals surface area contributed by atoms with Crippen molar-refractivity contribution in [2.45, 2.75) is 0 Å². The zero-order valence-electron chi connectivity index (χ0n) is 14.8. The molecule has 6 heteroatoms. The van der Waals surface area contributed by atoms with Crippen molar-refractivity contribution in [2.24, 2.45) is 0 Å². The van der Waals surface area contributed by atoms with E-state index in [4.69, 9.17) is 17.2 Å². The summed E-state index contributed by atoms with van der Waals surface area (Å²) in [5.41, 5.74) is 4.35. The summed E-state index contributed by atoms with van der Waals surface area (Å²) in [7, 11) is 0. The molecule has 5 aromatic rings. The van der Waals surface area contributed by atoms with E-state index in [-0.39, 0.29) is 0 Å². The SMILES string of the molecule is S=c1[nH]nc(-c2cc3cccnc3nc2-c2ccccc2)n1-c1ccccc1. The minimum absolute atomic E-state index is 0.534. The van der Waals surface area contributed by atoms with E-state index in [1.807, 2.05) is 77.4 Å². The fourth-order valence-electron chi connectivity index (χ4n) is 3.29. The molecule has 0 unspecified atom stereocenters. The van der Waals surface area contributed by atoms with E-state index in [2.05, 4.69) is 21.2 Å². The Hall–Kier alpha value is -3.64. The highest BCUT2D eigenvalue weighted by Crippen LogP contribution is 2.33. The van der Waals surface area contributed by atoms with Gasteiger partial charge in [-0.15, -0.1) is 0 Å². The van der Waals surface area contributed by atoms with Crippen LogP contribution in [0, 0.1) is 4.77 Å². The molecule has 0 saturated carbocycles. The number of pyridine rings is 2. The number of nitrogens with zero attached hydrogens (tertiary/aromatic N) is 4. The molecule has 5 nitrogen and oxygen atoms in total. The molecule has 0 amide bonds. The monoisotopic (exact) mass is 381 g/mol. The van der Waals surface area contributed by atoms with Crippen LogP contribution in [0.4, 0.5) is 0 Å². The van der Waals surface area contributed by atoms with Gasteiger partial charge in [-0.2, -0.15) is 5.10 Å². The van der Waals surface area contributed by atoms with Crippen molar-refractivity contribution >= 4 is 23.3 Å². The first-order chi connectivity index (χ1) is 13.8. The maximum absolute atomic E-state index is 5.52. The Labute approximate surface area is 166 Å². The summed E-state index contributed by atoms with van der Waals surface area (Å²) in [6.07, 6.45) is 1.75. The zero-order valence-corrected chi connectivity index (χ0v) is 15.6. The molecular weight excluding hydrogens is 366 g/mol. The topological polar surface area (TPSA) is 59.4 Å². The van der Waals surface area contributed by atoms with E-state index < -0.39 is 0 Å². The van der Waals surface area contributed by atoms with Crippen molar-refractivity contribution in [3.05, 3.63) is 89.8 Å². The summed E-state index contributed by atoms with van der Waals surface area (Å²) in [6, 6.07) is 26.0. The third-order valence-corrected chi connectivity index (χ3v) is 4.84. The molecule has 3 aromatic heterocycles. The molecule has 0 radical (unpaired) electrons. The molecule has 0 fully saturated rings. The molecule has 134 valence electrons. The second kappa shape index (κ2) is 6.83. The molecule has 0 aliphatic heterocycles. The van der Waals surface area contributed by atoms with Crippen LogP contribution in [0.15, 0.2) is 85.1 Å². The number of hydrogen-bond donors (Lipinski definition) is 1. The summed E-state index contributed by atoms with van der Waals surface area (Å²) in [4.78, 5) is 9.27. The minimum Gasteiger partial charge on any atom is -0.268 e. The van der Waals surface area contributed by atoms with Gasteiger partial charge in [0, 0.05) is 28.4 Å². The maximum atomic E-state index is 5.52. The molecule has 0 aliphatic carbocycles. The Bertz CT molecular complexity index is 1320. The number of H-pyrrole nitrogens is 1. The van der Waals surface area contributed by atoms with Crippen LogP contribution < -0.4 is 0 Å². The molecule has 0 bridgehead atoms. The number of benzene rings is 2. The van der Waals surface area contributed by atoms with Gasteiger partial charge in [-0.3, -0.25) is 9.67 Å². The number of fused-ring (bicyclic) bond motifs is 1. The van der Waals surface area contributed by atoms with Gasteiger partial charge >= 0.3 is 0 Å². The molecule has 0 spiro atoms. The standard InChI is InChI=1S/C22H15N5S/c28-22-26-25-21(27(22)17-11-5-2-6-12-17)18-14-16-10-7-13-23-20(16)24-19(18)15-8-3-1-4-9-15/h1-14H,(H,26,28). The zero-order chi connectivity index (χ0) is 18.9. The molecule has 0 atom stereocenters. The van der Waals surface area contributed by atoms with E-state index in [1.54, 1.807) is 6.20 Å². The average molecular weight is 381 g/mol. The number of aromatic amines is 1. The smallest absolute Gasteiger partial charge is 0.200 e. The van der Waals surface area contributed by atoms with Gasteiger partial charge in [0.1, 0.15) is 0 Å². The Morgan fingerprint density at radius 3 is 2.39 bits per heavy atom. The van der Waals surface area contributed by atoms with Gasteiger partial charge in [-0.05, 0) is 42.5 Å². The van der Waals surface area contributed by atoms with Crippen LogP contribution in [0.1, 0.15) is 0 Å². The first-order valence-electron chi connectivity index (χ1n) is 8.86. The van der Waals surface area contributed by atoms with Crippen molar-refractivity contribution in [3.8, 4) is 28.3 Å². The highest BCUT2D eigenvalue weighted by atomic mass is 32.1. The minimum atomic E-state index is 0.534. The van der Waals surface area contributed by atoms with E-state index in [9.17, 15) is 0 Å². The first kappa shape index (κ1) is 16.5. The van der Waals surface area contributed by atoms with Crippen LogP contribution in [0.25, 0.3) is 39.4 Å². The molecule has 0 aliphatic rings. The van der Waals surface area contributed by atoms with Crippen LogP contribution in [0.2, 0.25) is 0 Å². The van der Waals surface area contributed by atoms with Crippen molar-refractivity contribution in [1.82, 2.24) is 24.7 Å². The lowest BCUT2D eigenvalue weighted by molar-refractivity contribution is 1.04. The summed E-state index contributed by atoms with van der Waals surface area (Å²) in [6.45, 7) is 0. The molecule has 5 rings (SSSR count). The van der Waals surface area contributed by atoms with Gasteiger partial charge in [-0.1, -0.05) is 48.5 Å². The Balaban J connectivity index is 1.84. The van der Waals surface area contributed by atoms with Gasteiger partial charge in [0.15, 0.2) is 16.2 Å². The quantitative estimate of drug-likeness (QED) is 0.436. The van der Waals surface area contributed by atoms with Gasteiger partial charge in [0.05, 0.1) is 5.69 Å². The van der Waals surface area contributed by atoms with E-state index in [0.29, 0.717) is 16.2 Å². The highest BCUT2D eigenvalue weighted by molar-refractivity contribution is 7.71. The van der Waals surface area contributed by atoms with Crippen LogP contribution >= 0.6 is 12.2 Å². The van der Waals surface area contributed by atoms with E-state index >= 15 is 0 Å². The molecular formula is C22H15N5S. The fourth-order valence-corrected chi connectivity index (χ4v) is 3.52. The predicted octanol–water partition coefficient (Wildman–Crippen LogP) is 5.21. The second-order valence-corrected chi connectivity index (χ2v) is 6.71. The molecule has 0 saturated heterocycles. The first-order valence-corrected chi connectivity index (χ1v) is 9.26.